The van der Waals surface area contributed by atoms with Crippen molar-refractivity contribution < 1.29 is 39.4 Å². The van der Waals surface area contributed by atoms with Gasteiger partial charge in [-0.15, -0.1) is 0 Å². The van der Waals surface area contributed by atoms with Gasteiger partial charge in [-0.3, -0.25) is 4.79 Å². The lowest BCUT2D eigenvalue weighted by molar-refractivity contribution is -0.309. The van der Waals surface area contributed by atoms with Crippen LogP contribution in [0, 0.1) is 17.3 Å². The van der Waals surface area contributed by atoms with Gasteiger partial charge in [0.05, 0.1) is 18.6 Å². The molecule has 1 saturated carbocycles. The first-order valence-electron chi connectivity index (χ1n) is 10.6. The smallest absolute Gasteiger partial charge is 0.309 e. The Balaban J connectivity index is 1.59. The first kappa shape index (κ1) is 21.2. The molecule has 4 rings (SSSR count). The Bertz CT molecular complexity index is 690. The van der Waals surface area contributed by atoms with E-state index in [0.29, 0.717) is 6.42 Å². The molecule has 0 aromatic carbocycles. The number of carbonyl (C=O) groups is 1. The van der Waals surface area contributed by atoms with E-state index >= 15 is 0 Å². The van der Waals surface area contributed by atoms with E-state index in [4.69, 9.17) is 14.2 Å². The minimum absolute atomic E-state index is 0.0508. The van der Waals surface area contributed by atoms with Gasteiger partial charge in [0.1, 0.15) is 30.5 Å². The average molecular weight is 412 g/mol. The third-order valence-electron chi connectivity index (χ3n) is 7.62. The molecule has 164 valence electrons. The molecule has 1 unspecified atom stereocenters. The monoisotopic (exact) mass is 412 g/mol. The summed E-state index contributed by atoms with van der Waals surface area (Å²) in [4.78, 5) is 12.2. The van der Waals surface area contributed by atoms with Crippen molar-refractivity contribution in [3.8, 4) is 0 Å². The number of fused-ring (bicyclic) bond motifs is 3. The van der Waals surface area contributed by atoms with Gasteiger partial charge in [-0.2, -0.15) is 0 Å². The molecule has 4 aliphatic rings. The van der Waals surface area contributed by atoms with Gasteiger partial charge in [0.2, 0.25) is 0 Å². The molecule has 3 fully saturated rings. The number of aliphatic hydroxyl groups excluding tert-OH is 4. The predicted molar refractivity (Wildman–Crippen MR) is 100 cm³/mol. The summed E-state index contributed by atoms with van der Waals surface area (Å²) in [6.45, 7) is 5.62. The molecule has 2 aliphatic carbocycles. The van der Waals surface area contributed by atoms with Gasteiger partial charge in [0.15, 0.2) is 6.29 Å². The maximum absolute atomic E-state index is 12.2. The predicted octanol–water partition coefficient (Wildman–Crippen LogP) is 0.260. The highest BCUT2D eigenvalue weighted by Crippen LogP contribution is 2.55. The quantitative estimate of drug-likeness (QED) is 0.384. The van der Waals surface area contributed by atoms with E-state index in [9.17, 15) is 25.2 Å². The lowest BCUT2D eigenvalue weighted by atomic mass is 9.59. The minimum Gasteiger partial charge on any atom is -0.457 e. The summed E-state index contributed by atoms with van der Waals surface area (Å²) in [7, 11) is 0. The molecule has 2 heterocycles. The van der Waals surface area contributed by atoms with Crippen molar-refractivity contribution in [3.05, 3.63) is 11.1 Å². The Kier molecular flexibility index (Phi) is 5.55. The van der Waals surface area contributed by atoms with Crippen LogP contribution in [0.4, 0.5) is 0 Å². The molecule has 8 nitrogen and oxygen atoms in total. The highest BCUT2D eigenvalue weighted by Gasteiger charge is 2.54. The van der Waals surface area contributed by atoms with E-state index < -0.39 is 37.3 Å². The van der Waals surface area contributed by atoms with E-state index in [1.807, 2.05) is 13.8 Å². The zero-order valence-electron chi connectivity index (χ0n) is 17.2. The van der Waals surface area contributed by atoms with Crippen LogP contribution in [-0.2, 0) is 19.0 Å². The summed E-state index contributed by atoms with van der Waals surface area (Å²) >= 11 is 0. The number of esters is 1. The molecule has 4 N–H and O–H groups in total. The van der Waals surface area contributed by atoms with Crippen molar-refractivity contribution in [1.29, 1.82) is 0 Å². The molecule has 0 bridgehead atoms. The number of hydrogen-bond donors (Lipinski definition) is 4. The van der Waals surface area contributed by atoms with E-state index in [1.54, 1.807) is 0 Å². The van der Waals surface area contributed by atoms with Crippen molar-refractivity contribution in [2.75, 3.05) is 6.61 Å². The van der Waals surface area contributed by atoms with Crippen molar-refractivity contribution in [2.45, 2.75) is 89.4 Å². The van der Waals surface area contributed by atoms with Crippen LogP contribution in [0.15, 0.2) is 11.1 Å². The molecule has 2 saturated heterocycles. The molecule has 2 aliphatic heterocycles. The first-order chi connectivity index (χ1) is 13.7. The highest BCUT2D eigenvalue weighted by molar-refractivity contribution is 5.75. The van der Waals surface area contributed by atoms with E-state index in [0.717, 1.165) is 30.4 Å². The van der Waals surface area contributed by atoms with Crippen molar-refractivity contribution >= 4 is 5.97 Å². The maximum atomic E-state index is 12.2. The first-order valence-corrected chi connectivity index (χ1v) is 10.6. The van der Waals surface area contributed by atoms with Crippen LogP contribution in [0.5, 0.6) is 0 Å². The molecular formula is C21H32O8. The van der Waals surface area contributed by atoms with Gasteiger partial charge in [0.25, 0.3) is 0 Å². The third kappa shape index (κ3) is 3.34. The van der Waals surface area contributed by atoms with Crippen LogP contribution < -0.4 is 0 Å². The summed E-state index contributed by atoms with van der Waals surface area (Å²) in [6.07, 6.45) is -3.56. The second-order valence-electron chi connectivity index (χ2n) is 9.37. The molecule has 0 amide bonds. The number of hydrogen-bond acceptors (Lipinski definition) is 8. The topological polar surface area (TPSA) is 126 Å². The van der Waals surface area contributed by atoms with Gasteiger partial charge in [0, 0.05) is 5.92 Å². The van der Waals surface area contributed by atoms with Gasteiger partial charge in [-0.05, 0) is 49.2 Å². The van der Waals surface area contributed by atoms with Crippen molar-refractivity contribution in [2.24, 2.45) is 17.3 Å². The second-order valence-corrected chi connectivity index (χ2v) is 9.37. The third-order valence-corrected chi connectivity index (χ3v) is 7.62. The summed E-state index contributed by atoms with van der Waals surface area (Å²) < 4.78 is 17.3. The van der Waals surface area contributed by atoms with Crippen LogP contribution in [-0.4, -0.2) is 75.9 Å². The van der Waals surface area contributed by atoms with Crippen molar-refractivity contribution in [1.82, 2.24) is 0 Å². The molecule has 0 aromatic heterocycles. The lowest BCUT2D eigenvalue weighted by Crippen LogP contribution is -2.60. The van der Waals surface area contributed by atoms with Crippen LogP contribution in [0.3, 0.4) is 0 Å². The molecule has 0 spiro atoms. The van der Waals surface area contributed by atoms with Crippen LogP contribution in [0.25, 0.3) is 0 Å². The van der Waals surface area contributed by atoms with E-state index in [-0.39, 0.29) is 35.4 Å². The fourth-order valence-corrected chi connectivity index (χ4v) is 5.71. The van der Waals surface area contributed by atoms with Crippen LogP contribution in [0.1, 0.15) is 46.5 Å². The number of ether oxygens (including phenoxy) is 3. The molecule has 0 radical (unpaired) electrons. The molecule has 8 heteroatoms. The standard InChI is InChI=1S/C21H32O8/c1-9-11-4-6-21(3)7-5-12(10(2)14(21)18(11)29-19(9)26)27-20-17(25)16(24)15(23)13(8-22)28-20/h9,11-13,15-18,20,22-25H,4-8H2,1-3H3/t9-,11-,12-,13+,15+,16-,17+,18-,20?,21-/m0/s1. The fraction of sp³-hybridized carbons (Fsp3) is 0.857. The summed E-state index contributed by atoms with van der Waals surface area (Å²) in [5.41, 5.74) is 2.05. The average Bonchev–Trinajstić information content (AvgIpc) is 2.97. The SMILES string of the molecule is CC1=C2[C@H]3OC(=O)[C@@H](C)[C@@H]3CC[C@@]2(C)CC[C@@H]1OC1O[C@H](CO)[C@@H](O)[C@H](O)[C@H]1O. The number of aliphatic hydroxyl groups is 4. The Morgan fingerprint density at radius 1 is 1.14 bits per heavy atom. The highest BCUT2D eigenvalue weighted by atomic mass is 16.7. The molecule has 29 heavy (non-hydrogen) atoms. The summed E-state index contributed by atoms with van der Waals surface area (Å²) in [5, 5.41) is 39.7. The Labute approximate surface area is 170 Å². The Hall–Kier alpha value is -1.03. The molecular weight excluding hydrogens is 380 g/mol. The normalized spacial score (nSPS) is 50.2. The van der Waals surface area contributed by atoms with Crippen LogP contribution >= 0.6 is 0 Å². The summed E-state index contributed by atoms with van der Waals surface area (Å²) in [6, 6.07) is 0. The maximum Gasteiger partial charge on any atom is 0.309 e. The van der Waals surface area contributed by atoms with E-state index in [1.165, 1.54) is 0 Å². The minimum atomic E-state index is -1.47. The van der Waals surface area contributed by atoms with E-state index in [2.05, 4.69) is 6.92 Å². The zero-order valence-corrected chi connectivity index (χ0v) is 17.2. The van der Waals surface area contributed by atoms with Crippen LogP contribution in [0.2, 0.25) is 0 Å². The number of carbonyl (C=O) groups excluding carboxylic acids is 1. The van der Waals surface area contributed by atoms with Gasteiger partial charge in [-0.1, -0.05) is 13.8 Å². The number of rotatable bonds is 3. The summed E-state index contributed by atoms with van der Waals surface area (Å²) in [5.74, 6) is -0.0929. The molecule has 10 atom stereocenters. The van der Waals surface area contributed by atoms with Gasteiger partial charge >= 0.3 is 5.97 Å². The zero-order chi connectivity index (χ0) is 21.1. The lowest BCUT2D eigenvalue weighted by Gasteiger charge is -2.49. The van der Waals surface area contributed by atoms with Crippen molar-refractivity contribution in [3.63, 3.8) is 0 Å². The Morgan fingerprint density at radius 2 is 1.83 bits per heavy atom. The molecule has 0 aromatic rings. The van der Waals surface area contributed by atoms with Gasteiger partial charge in [-0.25, -0.2) is 0 Å². The largest absolute Gasteiger partial charge is 0.457 e. The fourth-order valence-electron chi connectivity index (χ4n) is 5.71. The van der Waals surface area contributed by atoms with Gasteiger partial charge < -0.3 is 34.6 Å². The Morgan fingerprint density at radius 3 is 2.52 bits per heavy atom. The second kappa shape index (κ2) is 7.59.